The summed E-state index contributed by atoms with van der Waals surface area (Å²) in [6.07, 6.45) is 1.47. The largest absolute Gasteiger partial charge is 0.490 e. The third-order valence-corrected chi connectivity index (χ3v) is 4.29. The number of thiazole rings is 1. The number of hydrogen-bond acceptors (Lipinski definition) is 7. The van der Waals surface area contributed by atoms with Crippen LogP contribution in [-0.4, -0.2) is 30.3 Å². The number of nitrogens with zero attached hydrogens (tertiary/aromatic N) is 2. The molecule has 1 aromatic heterocycles. The van der Waals surface area contributed by atoms with Crippen LogP contribution in [0.3, 0.4) is 0 Å². The van der Waals surface area contributed by atoms with Gasteiger partial charge in [-0.05, 0) is 38.5 Å². The number of halogens is 1. The number of nitrogens with one attached hydrogen (secondary N) is 1. The van der Waals surface area contributed by atoms with Crippen LogP contribution in [0.5, 0.6) is 11.5 Å². The summed E-state index contributed by atoms with van der Waals surface area (Å²) < 4.78 is 11.1. The van der Waals surface area contributed by atoms with Crippen molar-refractivity contribution in [3.63, 3.8) is 0 Å². The van der Waals surface area contributed by atoms with E-state index in [2.05, 4.69) is 15.5 Å². The van der Waals surface area contributed by atoms with Crippen LogP contribution in [-0.2, 0) is 0 Å². The number of nitrogens with two attached hydrogens (primary N) is 1. The SMILES string of the molecule is CCOc1cc(/C=N\NC(=O)c2sc(N)nc2C)cc(Cl)c1OCC. The van der Waals surface area contributed by atoms with E-state index >= 15 is 0 Å². The first kappa shape index (κ1) is 19.0. The van der Waals surface area contributed by atoms with Crippen molar-refractivity contribution in [2.45, 2.75) is 20.8 Å². The quantitative estimate of drug-likeness (QED) is 0.565. The fourth-order valence-corrected chi connectivity index (χ4v) is 3.05. The average Bonchev–Trinajstić information content (AvgIpc) is 2.89. The first-order valence-electron chi connectivity index (χ1n) is 7.61. The smallest absolute Gasteiger partial charge is 0.283 e. The molecule has 0 radical (unpaired) electrons. The number of nitrogen functional groups attached to an aromatic ring is 1. The number of anilines is 1. The molecule has 0 fully saturated rings. The lowest BCUT2D eigenvalue weighted by Crippen LogP contribution is -2.17. The van der Waals surface area contributed by atoms with Gasteiger partial charge in [-0.15, -0.1) is 0 Å². The second kappa shape index (κ2) is 8.68. The molecule has 0 bridgehead atoms. The molecule has 3 N–H and O–H groups in total. The van der Waals surface area contributed by atoms with Crippen LogP contribution in [0.15, 0.2) is 17.2 Å². The molecule has 134 valence electrons. The van der Waals surface area contributed by atoms with Crippen molar-refractivity contribution in [2.24, 2.45) is 5.10 Å². The molecular formula is C16H19ClN4O3S. The van der Waals surface area contributed by atoms with Gasteiger partial charge in [0.05, 0.1) is 30.1 Å². The molecule has 1 heterocycles. The van der Waals surface area contributed by atoms with Crippen LogP contribution >= 0.6 is 22.9 Å². The summed E-state index contributed by atoms with van der Waals surface area (Å²) in [6.45, 7) is 6.39. The van der Waals surface area contributed by atoms with Crippen molar-refractivity contribution in [3.05, 3.63) is 33.3 Å². The molecule has 2 aromatic rings. The van der Waals surface area contributed by atoms with E-state index in [0.717, 1.165) is 11.3 Å². The summed E-state index contributed by atoms with van der Waals surface area (Å²) in [5.41, 5.74) is 9.26. The lowest BCUT2D eigenvalue weighted by atomic mass is 10.2. The summed E-state index contributed by atoms with van der Waals surface area (Å²) in [7, 11) is 0. The van der Waals surface area contributed by atoms with Crippen molar-refractivity contribution in [3.8, 4) is 11.5 Å². The molecule has 0 aliphatic carbocycles. The van der Waals surface area contributed by atoms with Gasteiger partial charge in [0.2, 0.25) is 0 Å². The summed E-state index contributed by atoms with van der Waals surface area (Å²) in [4.78, 5) is 16.5. The van der Waals surface area contributed by atoms with Crippen molar-refractivity contribution in [1.82, 2.24) is 10.4 Å². The molecule has 7 nitrogen and oxygen atoms in total. The van der Waals surface area contributed by atoms with Gasteiger partial charge in [-0.3, -0.25) is 4.79 Å². The van der Waals surface area contributed by atoms with Gasteiger partial charge in [0.15, 0.2) is 16.6 Å². The summed E-state index contributed by atoms with van der Waals surface area (Å²) >= 11 is 7.35. The van der Waals surface area contributed by atoms with E-state index in [0.29, 0.717) is 51.0 Å². The van der Waals surface area contributed by atoms with Crippen LogP contribution in [0.4, 0.5) is 5.13 Å². The van der Waals surface area contributed by atoms with Crippen molar-refractivity contribution < 1.29 is 14.3 Å². The lowest BCUT2D eigenvalue weighted by molar-refractivity contribution is 0.0958. The van der Waals surface area contributed by atoms with E-state index in [1.165, 1.54) is 6.21 Å². The number of carbonyl (C=O) groups excluding carboxylic acids is 1. The Hall–Kier alpha value is -2.32. The molecule has 2 rings (SSSR count). The number of benzene rings is 1. The Morgan fingerprint density at radius 3 is 2.72 bits per heavy atom. The Bertz CT molecular complexity index is 792. The highest BCUT2D eigenvalue weighted by molar-refractivity contribution is 7.17. The van der Waals surface area contributed by atoms with Gasteiger partial charge in [0, 0.05) is 0 Å². The Labute approximate surface area is 154 Å². The Morgan fingerprint density at radius 1 is 1.40 bits per heavy atom. The highest BCUT2D eigenvalue weighted by Gasteiger charge is 2.14. The molecular weight excluding hydrogens is 364 g/mol. The lowest BCUT2D eigenvalue weighted by Gasteiger charge is -2.13. The average molecular weight is 383 g/mol. The number of aryl methyl sites for hydroxylation is 1. The van der Waals surface area contributed by atoms with E-state index in [9.17, 15) is 4.79 Å². The molecule has 0 unspecified atom stereocenters. The predicted octanol–water partition coefficient (Wildman–Crippen LogP) is 3.25. The molecule has 0 atom stereocenters. The van der Waals surface area contributed by atoms with Crippen LogP contribution in [0.1, 0.15) is 34.8 Å². The number of rotatable bonds is 7. The van der Waals surface area contributed by atoms with Gasteiger partial charge in [0.1, 0.15) is 4.88 Å². The van der Waals surface area contributed by atoms with E-state index in [4.69, 9.17) is 26.8 Å². The number of carbonyl (C=O) groups is 1. The van der Waals surface area contributed by atoms with E-state index in [-0.39, 0.29) is 5.91 Å². The van der Waals surface area contributed by atoms with E-state index in [1.807, 2.05) is 13.8 Å². The van der Waals surface area contributed by atoms with Gasteiger partial charge >= 0.3 is 0 Å². The molecule has 1 amide bonds. The fraction of sp³-hybridized carbons (Fsp3) is 0.312. The Morgan fingerprint density at radius 2 is 2.12 bits per heavy atom. The maximum Gasteiger partial charge on any atom is 0.283 e. The highest BCUT2D eigenvalue weighted by Crippen LogP contribution is 2.36. The van der Waals surface area contributed by atoms with Gasteiger partial charge < -0.3 is 15.2 Å². The zero-order valence-electron chi connectivity index (χ0n) is 14.1. The molecule has 0 saturated heterocycles. The van der Waals surface area contributed by atoms with Crippen LogP contribution in [0.2, 0.25) is 5.02 Å². The molecule has 0 spiro atoms. The minimum atomic E-state index is -0.370. The predicted molar refractivity (Wildman–Crippen MR) is 100 cm³/mol. The normalized spacial score (nSPS) is 10.9. The second-order valence-electron chi connectivity index (χ2n) is 4.86. The molecule has 25 heavy (non-hydrogen) atoms. The minimum Gasteiger partial charge on any atom is -0.490 e. The molecule has 0 aliphatic heterocycles. The maximum absolute atomic E-state index is 12.1. The monoisotopic (exact) mass is 382 g/mol. The van der Waals surface area contributed by atoms with Crippen molar-refractivity contribution >= 4 is 40.2 Å². The van der Waals surface area contributed by atoms with Crippen LogP contribution in [0, 0.1) is 6.92 Å². The van der Waals surface area contributed by atoms with Gasteiger partial charge in [-0.1, -0.05) is 22.9 Å². The molecule has 1 aromatic carbocycles. The van der Waals surface area contributed by atoms with E-state index < -0.39 is 0 Å². The second-order valence-corrected chi connectivity index (χ2v) is 6.30. The standard InChI is InChI=1S/C16H19ClN4O3S/c1-4-23-12-7-10(6-11(17)13(12)24-5-2)8-19-21-15(22)14-9(3)20-16(18)25-14/h6-8H,4-5H2,1-3H3,(H2,18,20)(H,21,22)/b19-8-. The first-order valence-corrected chi connectivity index (χ1v) is 8.81. The number of hydrazone groups is 1. The topological polar surface area (TPSA) is 98.8 Å². The van der Waals surface area contributed by atoms with Crippen molar-refractivity contribution in [1.29, 1.82) is 0 Å². The zero-order valence-corrected chi connectivity index (χ0v) is 15.7. The van der Waals surface area contributed by atoms with Crippen LogP contribution in [0.25, 0.3) is 0 Å². The Kier molecular flexibility index (Phi) is 6.60. The zero-order chi connectivity index (χ0) is 18.4. The van der Waals surface area contributed by atoms with Gasteiger partial charge in [-0.2, -0.15) is 5.10 Å². The summed E-state index contributed by atoms with van der Waals surface area (Å²) in [5.74, 6) is 0.642. The first-order chi connectivity index (χ1) is 12.0. The highest BCUT2D eigenvalue weighted by atomic mass is 35.5. The minimum absolute atomic E-state index is 0.339. The van der Waals surface area contributed by atoms with Gasteiger partial charge in [0.25, 0.3) is 5.91 Å². The summed E-state index contributed by atoms with van der Waals surface area (Å²) in [6, 6.07) is 3.42. The number of hydrogen-bond donors (Lipinski definition) is 2. The molecule has 0 saturated carbocycles. The maximum atomic E-state index is 12.1. The van der Waals surface area contributed by atoms with Crippen LogP contribution < -0.4 is 20.6 Å². The third-order valence-electron chi connectivity index (χ3n) is 3.02. The number of aromatic nitrogens is 1. The number of ether oxygens (including phenoxy) is 2. The van der Waals surface area contributed by atoms with E-state index in [1.54, 1.807) is 19.1 Å². The van der Waals surface area contributed by atoms with Crippen molar-refractivity contribution in [2.75, 3.05) is 18.9 Å². The molecule has 0 aliphatic rings. The number of amides is 1. The molecule has 9 heteroatoms. The summed E-state index contributed by atoms with van der Waals surface area (Å²) in [5, 5.41) is 4.69. The fourth-order valence-electron chi connectivity index (χ4n) is 2.05. The Balaban J connectivity index is 2.15. The van der Waals surface area contributed by atoms with Gasteiger partial charge in [-0.25, -0.2) is 10.4 Å². The third kappa shape index (κ3) is 4.83.